The van der Waals surface area contributed by atoms with Crippen molar-refractivity contribution >= 4 is 28.9 Å². The van der Waals surface area contributed by atoms with Gasteiger partial charge in [0.15, 0.2) is 0 Å². The van der Waals surface area contributed by atoms with E-state index in [2.05, 4.69) is 15.1 Å². The van der Waals surface area contributed by atoms with E-state index >= 15 is 0 Å². The predicted molar refractivity (Wildman–Crippen MR) is 130 cm³/mol. The van der Waals surface area contributed by atoms with Crippen LogP contribution in [0.1, 0.15) is 26.3 Å². The number of ether oxygens (including phenoxy) is 1. The SMILES string of the molecule is COc1ccc(N2CCN(c3ccc(NC(=O)c4cccc(C)c4)c(C(=O)O)c3)CC2)cc1. The zero-order valence-corrected chi connectivity index (χ0v) is 18.7. The van der Waals surface area contributed by atoms with Crippen LogP contribution in [-0.2, 0) is 0 Å². The highest BCUT2D eigenvalue weighted by Gasteiger charge is 2.21. The summed E-state index contributed by atoms with van der Waals surface area (Å²) in [4.78, 5) is 29.0. The molecular weight excluding hydrogens is 418 g/mol. The Morgan fingerprint density at radius 3 is 2.12 bits per heavy atom. The highest BCUT2D eigenvalue weighted by atomic mass is 16.5. The zero-order valence-electron chi connectivity index (χ0n) is 18.7. The van der Waals surface area contributed by atoms with Crippen molar-refractivity contribution in [2.75, 3.05) is 48.4 Å². The van der Waals surface area contributed by atoms with Crippen molar-refractivity contribution in [3.63, 3.8) is 0 Å². The third-order valence-corrected chi connectivity index (χ3v) is 5.84. The number of aryl methyl sites for hydroxylation is 1. The second-order valence-electron chi connectivity index (χ2n) is 8.03. The third kappa shape index (κ3) is 5.09. The summed E-state index contributed by atoms with van der Waals surface area (Å²) < 4.78 is 5.22. The minimum Gasteiger partial charge on any atom is -0.497 e. The molecule has 1 heterocycles. The lowest BCUT2D eigenvalue weighted by atomic mass is 10.1. The Morgan fingerprint density at radius 1 is 0.879 bits per heavy atom. The van der Waals surface area contributed by atoms with Crippen LogP contribution in [0.3, 0.4) is 0 Å². The highest BCUT2D eigenvalue weighted by molar-refractivity contribution is 6.08. The first-order chi connectivity index (χ1) is 15.9. The van der Waals surface area contributed by atoms with Crippen LogP contribution in [0, 0.1) is 6.92 Å². The lowest BCUT2D eigenvalue weighted by Crippen LogP contribution is -2.46. The van der Waals surface area contributed by atoms with Crippen molar-refractivity contribution in [1.82, 2.24) is 0 Å². The second-order valence-corrected chi connectivity index (χ2v) is 8.03. The summed E-state index contributed by atoms with van der Waals surface area (Å²) in [6.45, 7) is 5.07. The molecule has 1 aliphatic rings. The van der Waals surface area contributed by atoms with Crippen LogP contribution in [0.15, 0.2) is 66.7 Å². The maximum Gasteiger partial charge on any atom is 0.337 e. The van der Waals surface area contributed by atoms with Crippen LogP contribution >= 0.6 is 0 Å². The van der Waals surface area contributed by atoms with Crippen molar-refractivity contribution in [1.29, 1.82) is 0 Å². The van der Waals surface area contributed by atoms with Crippen molar-refractivity contribution < 1.29 is 19.4 Å². The summed E-state index contributed by atoms with van der Waals surface area (Å²) >= 11 is 0. The molecule has 0 spiro atoms. The number of carboxylic acid groups (broad SMARTS) is 1. The van der Waals surface area contributed by atoms with Gasteiger partial charge in [-0.15, -0.1) is 0 Å². The standard InChI is InChI=1S/C26H27N3O4/c1-18-4-3-5-19(16-18)25(30)27-24-11-8-21(17-23(24)26(31)32)29-14-12-28(13-15-29)20-6-9-22(33-2)10-7-20/h3-11,16-17H,12-15H2,1-2H3,(H,27,30)(H,31,32). The van der Waals surface area contributed by atoms with Crippen LogP contribution in [0.25, 0.3) is 0 Å². The summed E-state index contributed by atoms with van der Waals surface area (Å²) in [5, 5.41) is 12.5. The zero-order chi connectivity index (χ0) is 23.4. The van der Waals surface area contributed by atoms with E-state index in [0.29, 0.717) is 5.56 Å². The lowest BCUT2D eigenvalue weighted by molar-refractivity contribution is 0.0698. The molecular formula is C26H27N3O4. The number of anilines is 3. The molecule has 33 heavy (non-hydrogen) atoms. The Labute approximate surface area is 193 Å². The molecule has 1 amide bonds. The van der Waals surface area contributed by atoms with Crippen LogP contribution in [0.5, 0.6) is 5.75 Å². The summed E-state index contributed by atoms with van der Waals surface area (Å²) in [5.74, 6) is -0.580. The number of piperazine rings is 1. The first-order valence-corrected chi connectivity index (χ1v) is 10.8. The van der Waals surface area contributed by atoms with E-state index in [1.54, 1.807) is 37.4 Å². The molecule has 2 N–H and O–H groups in total. The van der Waals surface area contributed by atoms with E-state index in [1.807, 2.05) is 43.3 Å². The van der Waals surface area contributed by atoms with Gasteiger partial charge < -0.3 is 25.0 Å². The molecule has 0 unspecified atom stereocenters. The number of hydrogen-bond acceptors (Lipinski definition) is 5. The van der Waals surface area contributed by atoms with Crippen molar-refractivity contribution in [2.24, 2.45) is 0 Å². The number of carbonyl (C=O) groups excluding carboxylic acids is 1. The van der Waals surface area contributed by atoms with Gasteiger partial charge >= 0.3 is 5.97 Å². The summed E-state index contributed by atoms with van der Waals surface area (Å²) in [6.07, 6.45) is 0. The smallest absolute Gasteiger partial charge is 0.337 e. The first-order valence-electron chi connectivity index (χ1n) is 10.8. The van der Waals surface area contributed by atoms with E-state index in [4.69, 9.17) is 4.74 Å². The Kier molecular flexibility index (Phi) is 6.49. The number of carbonyl (C=O) groups is 2. The summed E-state index contributed by atoms with van der Waals surface area (Å²) in [7, 11) is 1.65. The molecule has 0 saturated carbocycles. The maximum absolute atomic E-state index is 12.6. The molecule has 1 aliphatic heterocycles. The van der Waals surface area contributed by atoms with Crippen molar-refractivity contribution in [2.45, 2.75) is 6.92 Å². The molecule has 0 atom stereocenters. The molecule has 7 heteroatoms. The Morgan fingerprint density at radius 2 is 1.52 bits per heavy atom. The van der Waals surface area contributed by atoms with Crippen LogP contribution in [0.4, 0.5) is 17.1 Å². The van der Waals surface area contributed by atoms with Gasteiger partial charge in [-0.25, -0.2) is 4.79 Å². The molecule has 0 radical (unpaired) electrons. The van der Waals surface area contributed by atoms with Gasteiger partial charge in [-0.1, -0.05) is 17.7 Å². The van der Waals surface area contributed by atoms with Gasteiger partial charge in [0.25, 0.3) is 5.91 Å². The lowest BCUT2D eigenvalue weighted by Gasteiger charge is -2.37. The highest BCUT2D eigenvalue weighted by Crippen LogP contribution is 2.27. The molecule has 3 aromatic carbocycles. The fourth-order valence-corrected chi connectivity index (χ4v) is 4.01. The number of nitrogens with one attached hydrogen (secondary N) is 1. The maximum atomic E-state index is 12.6. The topological polar surface area (TPSA) is 82.1 Å². The molecule has 3 aromatic rings. The fourth-order valence-electron chi connectivity index (χ4n) is 4.01. The predicted octanol–water partition coefficient (Wildman–Crippen LogP) is 4.28. The first kappa shape index (κ1) is 22.2. The van der Waals surface area contributed by atoms with Gasteiger partial charge in [0, 0.05) is 43.1 Å². The van der Waals surface area contributed by atoms with Gasteiger partial charge in [0.2, 0.25) is 0 Å². The molecule has 1 fully saturated rings. The van der Waals surface area contributed by atoms with Gasteiger partial charge in [0.05, 0.1) is 18.4 Å². The van der Waals surface area contributed by atoms with Gasteiger partial charge in [0.1, 0.15) is 5.75 Å². The number of carboxylic acids is 1. The average Bonchev–Trinajstić information content (AvgIpc) is 2.84. The largest absolute Gasteiger partial charge is 0.497 e. The number of rotatable bonds is 6. The van der Waals surface area contributed by atoms with Gasteiger partial charge in [-0.05, 0) is 61.5 Å². The molecule has 7 nitrogen and oxygen atoms in total. The number of hydrogen-bond donors (Lipinski definition) is 2. The van der Waals surface area contributed by atoms with E-state index < -0.39 is 5.97 Å². The minimum absolute atomic E-state index is 0.0751. The third-order valence-electron chi connectivity index (χ3n) is 5.84. The Balaban J connectivity index is 1.46. The van der Waals surface area contributed by atoms with Crippen LogP contribution in [-0.4, -0.2) is 50.3 Å². The number of benzene rings is 3. The molecule has 4 rings (SSSR count). The average molecular weight is 446 g/mol. The Bertz CT molecular complexity index is 1150. The van der Waals surface area contributed by atoms with Crippen LogP contribution in [0.2, 0.25) is 0 Å². The normalized spacial score (nSPS) is 13.5. The molecule has 0 aliphatic carbocycles. The van der Waals surface area contributed by atoms with Crippen molar-refractivity contribution in [3.8, 4) is 5.75 Å². The summed E-state index contributed by atoms with van der Waals surface area (Å²) in [5.41, 5.74) is 3.78. The molecule has 170 valence electrons. The molecule has 0 aromatic heterocycles. The molecule has 1 saturated heterocycles. The monoisotopic (exact) mass is 445 g/mol. The van der Waals surface area contributed by atoms with E-state index in [-0.39, 0.29) is 17.2 Å². The van der Waals surface area contributed by atoms with E-state index in [0.717, 1.165) is 48.9 Å². The van der Waals surface area contributed by atoms with Crippen molar-refractivity contribution in [3.05, 3.63) is 83.4 Å². The van der Waals surface area contributed by atoms with E-state index in [9.17, 15) is 14.7 Å². The number of methoxy groups -OCH3 is 1. The fraction of sp³-hybridized carbons (Fsp3) is 0.231. The minimum atomic E-state index is -1.08. The van der Waals surface area contributed by atoms with Gasteiger partial charge in [-0.2, -0.15) is 0 Å². The number of aromatic carboxylic acids is 1. The Hall–Kier alpha value is -4.00. The van der Waals surface area contributed by atoms with E-state index in [1.165, 1.54) is 0 Å². The van der Waals surface area contributed by atoms with Gasteiger partial charge in [-0.3, -0.25) is 4.79 Å². The molecule has 0 bridgehead atoms. The second kappa shape index (κ2) is 9.65. The van der Waals surface area contributed by atoms with Crippen LogP contribution < -0.4 is 19.9 Å². The summed E-state index contributed by atoms with van der Waals surface area (Å²) in [6, 6.07) is 20.3. The quantitative estimate of drug-likeness (QED) is 0.589. The number of amides is 1. The number of nitrogens with zero attached hydrogens (tertiary/aromatic N) is 2.